The topological polar surface area (TPSA) is 113 Å². The van der Waals surface area contributed by atoms with Crippen LogP contribution in [-0.2, 0) is 21.3 Å². The molecule has 0 spiro atoms. The highest BCUT2D eigenvalue weighted by Crippen LogP contribution is 2.35. The summed E-state index contributed by atoms with van der Waals surface area (Å²) in [6, 6.07) is 13.0. The van der Waals surface area contributed by atoms with Crippen LogP contribution in [0.2, 0.25) is 5.02 Å². The lowest BCUT2D eigenvalue weighted by Crippen LogP contribution is -2.50. The molecule has 2 aromatic heterocycles. The molecule has 1 fully saturated rings. The molecular weight excluding hydrogens is 576 g/mol. The van der Waals surface area contributed by atoms with Crippen LogP contribution in [-0.4, -0.2) is 67.4 Å². The maximum absolute atomic E-state index is 13.7. The molecule has 1 aliphatic heterocycles. The zero-order valence-electron chi connectivity index (χ0n) is 21.9. The molecule has 2 amide bonds. The van der Waals surface area contributed by atoms with Gasteiger partial charge in [-0.2, -0.15) is 4.31 Å². The molecule has 2 aromatic carbocycles. The van der Waals surface area contributed by atoms with Crippen LogP contribution in [0.25, 0.3) is 10.2 Å². The molecule has 40 heavy (non-hydrogen) atoms. The van der Waals surface area contributed by atoms with Crippen LogP contribution < -0.4 is 4.90 Å². The number of fused-ring (bicyclic) bond motifs is 1. The summed E-state index contributed by atoms with van der Waals surface area (Å²) in [6.45, 7) is 4.78. The van der Waals surface area contributed by atoms with Crippen LogP contribution in [0.5, 0.6) is 0 Å². The average molecular weight is 603 g/mol. The minimum Gasteiger partial charge on any atom is -0.467 e. The number of aryl methyl sites for hydroxylation is 1. The number of hydrogen-bond acceptors (Lipinski definition) is 8. The normalized spacial score (nSPS) is 14.4. The van der Waals surface area contributed by atoms with Crippen molar-refractivity contribution in [3.63, 3.8) is 0 Å². The van der Waals surface area contributed by atoms with Gasteiger partial charge >= 0.3 is 6.09 Å². The van der Waals surface area contributed by atoms with E-state index in [2.05, 4.69) is 0 Å². The van der Waals surface area contributed by atoms with Gasteiger partial charge in [0, 0.05) is 36.8 Å². The Morgan fingerprint density at radius 1 is 1.10 bits per heavy atom. The number of piperazine rings is 1. The lowest BCUT2D eigenvalue weighted by atomic mass is 10.2. The van der Waals surface area contributed by atoms with Gasteiger partial charge in [0.2, 0.25) is 10.0 Å². The highest BCUT2D eigenvalue weighted by atomic mass is 35.5. The Bertz CT molecular complexity index is 1630. The van der Waals surface area contributed by atoms with E-state index in [1.807, 2.05) is 13.0 Å². The number of sulfonamides is 1. The first-order chi connectivity index (χ1) is 19.2. The fraction of sp³-hybridized carbons (Fsp3) is 0.296. The van der Waals surface area contributed by atoms with Crippen LogP contribution in [0.3, 0.4) is 0 Å². The Balaban J connectivity index is 1.38. The lowest BCUT2D eigenvalue weighted by Gasteiger charge is -2.33. The van der Waals surface area contributed by atoms with Gasteiger partial charge < -0.3 is 14.1 Å². The van der Waals surface area contributed by atoms with Crippen LogP contribution in [0.4, 0.5) is 9.93 Å². The Labute approximate surface area is 240 Å². The second kappa shape index (κ2) is 11.6. The Hall–Kier alpha value is -3.45. The fourth-order valence-corrected chi connectivity index (χ4v) is 6.99. The van der Waals surface area contributed by atoms with Crippen molar-refractivity contribution in [3.05, 3.63) is 76.7 Å². The first-order valence-electron chi connectivity index (χ1n) is 12.6. The first-order valence-corrected chi connectivity index (χ1v) is 15.2. The van der Waals surface area contributed by atoms with Crippen LogP contribution in [0.1, 0.15) is 28.6 Å². The summed E-state index contributed by atoms with van der Waals surface area (Å²) in [6.07, 6.45) is 1.08. The lowest BCUT2D eigenvalue weighted by molar-refractivity contribution is 0.0933. The van der Waals surface area contributed by atoms with E-state index < -0.39 is 16.1 Å². The predicted octanol–water partition coefficient (Wildman–Crippen LogP) is 5.16. The van der Waals surface area contributed by atoms with E-state index in [0.717, 1.165) is 10.3 Å². The van der Waals surface area contributed by atoms with E-state index in [4.69, 9.17) is 25.7 Å². The van der Waals surface area contributed by atoms with Crippen molar-refractivity contribution in [1.29, 1.82) is 0 Å². The van der Waals surface area contributed by atoms with E-state index >= 15 is 0 Å². The molecule has 1 aliphatic rings. The molecule has 0 bridgehead atoms. The number of halogens is 1. The standard InChI is InChI=1S/C27H27ClN4O6S2/c1-3-37-27(34)30-12-14-31(15-13-30)40(35,36)21-8-6-19(7-9-21)25(33)32(17-20-5-4-16-38-20)26-29-24-18(2)22(28)10-11-23(24)39-26/h4-11,16H,3,12-15,17H2,1-2H3. The third-order valence-electron chi connectivity index (χ3n) is 6.61. The van der Waals surface area contributed by atoms with Crippen molar-refractivity contribution in [2.45, 2.75) is 25.3 Å². The van der Waals surface area contributed by atoms with E-state index in [1.165, 1.54) is 56.0 Å². The summed E-state index contributed by atoms with van der Waals surface area (Å²) >= 11 is 7.64. The number of thiazole rings is 1. The number of anilines is 1. The first kappa shape index (κ1) is 28.1. The van der Waals surface area contributed by atoms with Crippen LogP contribution in [0.15, 0.2) is 64.1 Å². The SMILES string of the molecule is CCOC(=O)N1CCN(S(=O)(=O)c2ccc(C(=O)N(Cc3ccco3)c3nc4c(C)c(Cl)ccc4s3)cc2)CC1. The van der Waals surface area contributed by atoms with E-state index in [-0.39, 0.29) is 50.1 Å². The van der Waals surface area contributed by atoms with Crippen molar-refractivity contribution >= 4 is 60.3 Å². The number of furan rings is 1. The number of rotatable bonds is 7. The molecular formula is C27H27ClN4O6S2. The van der Waals surface area contributed by atoms with Crippen LogP contribution in [0, 0.1) is 6.92 Å². The smallest absolute Gasteiger partial charge is 0.409 e. The highest BCUT2D eigenvalue weighted by molar-refractivity contribution is 7.89. The zero-order valence-corrected chi connectivity index (χ0v) is 24.3. The Kier molecular flexibility index (Phi) is 8.13. The van der Waals surface area contributed by atoms with E-state index in [0.29, 0.717) is 27.0 Å². The second-order valence-corrected chi connectivity index (χ2v) is 12.5. The summed E-state index contributed by atoms with van der Waals surface area (Å²) < 4.78 is 39.2. The van der Waals surface area contributed by atoms with Crippen LogP contribution >= 0.6 is 22.9 Å². The maximum Gasteiger partial charge on any atom is 0.409 e. The van der Waals surface area contributed by atoms with Gasteiger partial charge in [0.1, 0.15) is 5.76 Å². The van der Waals surface area contributed by atoms with Gasteiger partial charge in [-0.05, 0) is 67.9 Å². The zero-order chi connectivity index (χ0) is 28.4. The third-order valence-corrected chi connectivity index (χ3v) is 9.98. The Morgan fingerprint density at radius 3 is 2.48 bits per heavy atom. The number of nitrogens with zero attached hydrogens (tertiary/aromatic N) is 4. The quantitative estimate of drug-likeness (QED) is 0.287. The number of hydrogen-bond donors (Lipinski definition) is 0. The van der Waals surface area contributed by atoms with Crippen molar-refractivity contribution < 1.29 is 27.2 Å². The molecule has 3 heterocycles. The molecule has 0 aliphatic carbocycles. The minimum atomic E-state index is -3.81. The summed E-state index contributed by atoms with van der Waals surface area (Å²) in [5.74, 6) is 0.217. The van der Waals surface area contributed by atoms with E-state index in [9.17, 15) is 18.0 Å². The fourth-order valence-electron chi connectivity index (χ4n) is 4.39. The maximum atomic E-state index is 13.7. The van der Waals surface area contributed by atoms with Gasteiger partial charge in [-0.15, -0.1) is 0 Å². The molecule has 0 N–H and O–H groups in total. The van der Waals surface area contributed by atoms with Crippen molar-refractivity contribution in [1.82, 2.24) is 14.2 Å². The van der Waals surface area contributed by atoms with Crippen molar-refractivity contribution in [2.24, 2.45) is 0 Å². The number of ether oxygens (including phenoxy) is 1. The number of carbonyl (C=O) groups is 2. The third kappa shape index (κ3) is 5.57. The number of carbonyl (C=O) groups excluding carboxylic acids is 2. The van der Waals surface area contributed by atoms with Gasteiger partial charge in [-0.1, -0.05) is 22.9 Å². The number of aromatic nitrogens is 1. The molecule has 13 heteroatoms. The number of amides is 2. The van der Waals surface area contributed by atoms with Crippen molar-refractivity contribution in [3.8, 4) is 0 Å². The van der Waals surface area contributed by atoms with Gasteiger partial charge in [-0.25, -0.2) is 18.2 Å². The largest absolute Gasteiger partial charge is 0.467 e. The van der Waals surface area contributed by atoms with Gasteiger partial charge in [-0.3, -0.25) is 9.69 Å². The van der Waals surface area contributed by atoms with E-state index in [1.54, 1.807) is 25.1 Å². The van der Waals surface area contributed by atoms with Crippen molar-refractivity contribution in [2.75, 3.05) is 37.7 Å². The summed E-state index contributed by atoms with van der Waals surface area (Å²) in [5, 5.41) is 1.06. The molecule has 0 radical (unpaired) electrons. The molecule has 210 valence electrons. The highest BCUT2D eigenvalue weighted by Gasteiger charge is 2.31. The molecule has 5 rings (SSSR count). The summed E-state index contributed by atoms with van der Waals surface area (Å²) in [5.41, 5.74) is 1.84. The monoisotopic (exact) mass is 602 g/mol. The number of benzene rings is 2. The molecule has 0 atom stereocenters. The molecule has 10 nitrogen and oxygen atoms in total. The predicted molar refractivity (Wildman–Crippen MR) is 152 cm³/mol. The molecule has 0 saturated carbocycles. The molecule has 1 saturated heterocycles. The molecule has 0 unspecified atom stereocenters. The summed E-state index contributed by atoms with van der Waals surface area (Å²) in [7, 11) is -3.81. The van der Waals surface area contributed by atoms with Gasteiger partial charge in [0.05, 0.1) is 34.5 Å². The average Bonchev–Trinajstić information content (AvgIpc) is 3.64. The van der Waals surface area contributed by atoms with Gasteiger partial charge in [0.15, 0.2) is 5.13 Å². The van der Waals surface area contributed by atoms with Gasteiger partial charge in [0.25, 0.3) is 5.91 Å². The summed E-state index contributed by atoms with van der Waals surface area (Å²) in [4.78, 5) is 33.5. The second-order valence-electron chi connectivity index (χ2n) is 9.10. The molecule has 4 aromatic rings. The minimum absolute atomic E-state index is 0.0662. The Morgan fingerprint density at radius 2 is 1.82 bits per heavy atom.